The van der Waals surface area contributed by atoms with Crippen LogP contribution in [0.1, 0.15) is 24.8 Å². The van der Waals surface area contributed by atoms with E-state index in [1.807, 2.05) is 11.3 Å². The van der Waals surface area contributed by atoms with E-state index in [4.69, 9.17) is 0 Å². The van der Waals surface area contributed by atoms with Gasteiger partial charge in [0.2, 0.25) is 0 Å². The zero-order valence-electron chi connectivity index (χ0n) is 9.57. The van der Waals surface area contributed by atoms with Gasteiger partial charge >= 0.3 is 0 Å². The SMILES string of the molecule is C[C@@H]1CNCC[C@@H]1c1cccc2ccsc12. The fourth-order valence-electron chi connectivity index (χ4n) is 2.78. The number of thiophene rings is 1. The Morgan fingerprint density at radius 3 is 3.12 bits per heavy atom. The maximum atomic E-state index is 3.48. The summed E-state index contributed by atoms with van der Waals surface area (Å²) in [6, 6.07) is 8.99. The number of piperidine rings is 1. The van der Waals surface area contributed by atoms with Crippen molar-refractivity contribution in [3.8, 4) is 0 Å². The van der Waals surface area contributed by atoms with Crippen LogP contribution >= 0.6 is 11.3 Å². The highest BCUT2D eigenvalue weighted by Crippen LogP contribution is 2.36. The first-order chi connectivity index (χ1) is 7.86. The molecule has 2 heteroatoms. The molecule has 1 fully saturated rings. The lowest BCUT2D eigenvalue weighted by molar-refractivity contribution is 0.351. The summed E-state index contributed by atoms with van der Waals surface area (Å²) in [6.07, 6.45) is 1.28. The van der Waals surface area contributed by atoms with Gasteiger partial charge in [0.1, 0.15) is 0 Å². The molecule has 0 bridgehead atoms. The van der Waals surface area contributed by atoms with Crippen LogP contribution in [-0.4, -0.2) is 13.1 Å². The van der Waals surface area contributed by atoms with Crippen molar-refractivity contribution in [1.82, 2.24) is 5.32 Å². The highest BCUT2D eigenvalue weighted by molar-refractivity contribution is 7.17. The third kappa shape index (κ3) is 1.66. The summed E-state index contributed by atoms with van der Waals surface area (Å²) in [5.41, 5.74) is 1.57. The number of rotatable bonds is 1. The van der Waals surface area contributed by atoms with Crippen molar-refractivity contribution in [1.29, 1.82) is 0 Å². The van der Waals surface area contributed by atoms with Crippen molar-refractivity contribution in [3.63, 3.8) is 0 Å². The Bertz CT molecular complexity index is 488. The molecule has 1 aromatic heterocycles. The first-order valence-corrected chi connectivity index (χ1v) is 6.91. The maximum absolute atomic E-state index is 3.48. The predicted octanol–water partition coefficient (Wildman–Crippen LogP) is 3.61. The van der Waals surface area contributed by atoms with Gasteiger partial charge in [-0.05, 0) is 53.7 Å². The molecule has 1 aliphatic rings. The summed E-state index contributed by atoms with van der Waals surface area (Å²) in [5, 5.41) is 7.10. The van der Waals surface area contributed by atoms with Gasteiger partial charge in [-0.15, -0.1) is 11.3 Å². The molecule has 0 saturated carbocycles. The zero-order chi connectivity index (χ0) is 11.0. The fraction of sp³-hybridized carbons (Fsp3) is 0.429. The van der Waals surface area contributed by atoms with Crippen molar-refractivity contribution in [2.45, 2.75) is 19.3 Å². The van der Waals surface area contributed by atoms with Crippen LogP contribution in [0.25, 0.3) is 10.1 Å². The smallest absolute Gasteiger partial charge is 0.0377 e. The Morgan fingerprint density at radius 2 is 2.25 bits per heavy atom. The van der Waals surface area contributed by atoms with E-state index in [-0.39, 0.29) is 0 Å². The minimum atomic E-state index is 0.739. The molecule has 1 aliphatic heterocycles. The molecule has 1 saturated heterocycles. The molecule has 0 unspecified atom stereocenters. The van der Waals surface area contributed by atoms with Crippen LogP contribution in [0.4, 0.5) is 0 Å². The van der Waals surface area contributed by atoms with Gasteiger partial charge in [-0.25, -0.2) is 0 Å². The number of nitrogens with one attached hydrogen (secondary N) is 1. The van der Waals surface area contributed by atoms with Crippen LogP contribution in [0.2, 0.25) is 0 Å². The Morgan fingerprint density at radius 1 is 1.31 bits per heavy atom. The molecular weight excluding hydrogens is 214 g/mol. The molecule has 2 aromatic rings. The number of fused-ring (bicyclic) bond motifs is 1. The number of hydrogen-bond acceptors (Lipinski definition) is 2. The minimum Gasteiger partial charge on any atom is -0.316 e. The second-order valence-corrected chi connectivity index (χ2v) is 5.68. The van der Waals surface area contributed by atoms with Gasteiger partial charge in [-0.2, -0.15) is 0 Å². The van der Waals surface area contributed by atoms with Crippen LogP contribution in [0.15, 0.2) is 29.6 Å². The number of benzene rings is 1. The average molecular weight is 231 g/mol. The van der Waals surface area contributed by atoms with Crippen molar-refractivity contribution < 1.29 is 0 Å². The average Bonchev–Trinajstić information content (AvgIpc) is 2.77. The monoisotopic (exact) mass is 231 g/mol. The Balaban J connectivity index is 2.07. The Kier molecular flexibility index (Phi) is 2.70. The van der Waals surface area contributed by atoms with Gasteiger partial charge in [0, 0.05) is 4.70 Å². The van der Waals surface area contributed by atoms with Crippen molar-refractivity contribution in [3.05, 3.63) is 35.2 Å². The van der Waals surface area contributed by atoms with Gasteiger partial charge in [0.25, 0.3) is 0 Å². The van der Waals surface area contributed by atoms with E-state index in [0.29, 0.717) is 0 Å². The van der Waals surface area contributed by atoms with Crippen molar-refractivity contribution in [2.24, 2.45) is 5.92 Å². The summed E-state index contributed by atoms with van der Waals surface area (Å²) in [6.45, 7) is 4.69. The molecule has 84 valence electrons. The minimum absolute atomic E-state index is 0.739. The van der Waals surface area contributed by atoms with Gasteiger partial charge in [0.15, 0.2) is 0 Å². The van der Waals surface area contributed by atoms with Crippen LogP contribution in [0, 0.1) is 5.92 Å². The van der Waals surface area contributed by atoms with E-state index in [1.54, 1.807) is 5.56 Å². The topological polar surface area (TPSA) is 12.0 Å². The van der Waals surface area contributed by atoms with Crippen LogP contribution < -0.4 is 5.32 Å². The molecule has 0 spiro atoms. The molecule has 0 amide bonds. The van der Waals surface area contributed by atoms with Crippen LogP contribution in [-0.2, 0) is 0 Å². The Hall–Kier alpha value is -0.860. The summed E-state index contributed by atoms with van der Waals surface area (Å²) < 4.78 is 1.50. The quantitative estimate of drug-likeness (QED) is 0.790. The van der Waals surface area contributed by atoms with Crippen molar-refractivity contribution >= 4 is 21.4 Å². The highest BCUT2D eigenvalue weighted by Gasteiger charge is 2.24. The van der Waals surface area contributed by atoms with Crippen molar-refractivity contribution in [2.75, 3.05) is 13.1 Å². The standard InChI is InChI=1S/C14H17NS/c1-10-9-15-7-5-12(10)13-4-2-3-11-6-8-16-14(11)13/h2-4,6,8,10,12,15H,5,7,9H2,1H3/t10-,12+/m1/s1. The molecule has 0 aliphatic carbocycles. The van der Waals surface area contributed by atoms with E-state index in [0.717, 1.165) is 24.9 Å². The summed E-state index contributed by atoms with van der Waals surface area (Å²) in [4.78, 5) is 0. The zero-order valence-corrected chi connectivity index (χ0v) is 10.4. The van der Waals surface area contributed by atoms with Crippen LogP contribution in [0.3, 0.4) is 0 Å². The highest BCUT2D eigenvalue weighted by atomic mass is 32.1. The lowest BCUT2D eigenvalue weighted by atomic mass is 9.82. The van der Waals surface area contributed by atoms with Gasteiger partial charge in [-0.3, -0.25) is 0 Å². The second-order valence-electron chi connectivity index (χ2n) is 4.76. The first kappa shape index (κ1) is 10.3. The summed E-state index contributed by atoms with van der Waals surface area (Å²) in [5.74, 6) is 1.49. The van der Waals surface area contributed by atoms with E-state index in [2.05, 4.69) is 41.9 Å². The molecule has 1 nitrogen and oxygen atoms in total. The van der Waals surface area contributed by atoms with Gasteiger partial charge in [-0.1, -0.05) is 25.1 Å². The molecule has 16 heavy (non-hydrogen) atoms. The molecule has 2 atom stereocenters. The summed E-state index contributed by atoms with van der Waals surface area (Å²) in [7, 11) is 0. The maximum Gasteiger partial charge on any atom is 0.0377 e. The van der Waals surface area contributed by atoms with E-state index >= 15 is 0 Å². The molecule has 1 N–H and O–H groups in total. The van der Waals surface area contributed by atoms with Gasteiger partial charge < -0.3 is 5.32 Å². The summed E-state index contributed by atoms with van der Waals surface area (Å²) >= 11 is 1.89. The fourth-order valence-corrected chi connectivity index (χ4v) is 3.76. The molecule has 0 radical (unpaired) electrons. The van der Waals surface area contributed by atoms with E-state index in [9.17, 15) is 0 Å². The second kappa shape index (κ2) is 4.19. The predicted molar refractivity (Wildman–Crippen MR) is 71.2 cm³/mol. The van der Waals surface area contributed by atoms with Gasteiger partial charge in [0.05, 0.1) is 0 Å². The molecule has 3 rings (SSSR count). The molecule has 2 heterocycles. The lowest BCUT2D eigenvalue weighted by Gasteiger charge is -2.30. The third-order valence-corrected chi connectivity index (χ3v) is 4.67. The largest absolute Gasteiger partial charge is 0.316 e. The first-order valence-electron chi connectivity index (χ1n) is 6.03. The molecular formula is C14H17NS. The Labute approximate surface area is 100 Å². The normalized spacial score (nSPS) is 26.1. The van der Waals surface area contributed by atoms with E-state index < -0.39 is 0 Å². The van der Waals surface area contributed by atoms with Crippen LogP contribution in [0.5, 0.6) is 0 Å². The third-order valence-electron chi connectivity index (χ3n) is 3.69. The molecule has 1 aromatic carbocycles. The number of hydrogen-bond donors (Lipinski definition) is 1. The van der Waals surface area contributed by atoms with E-state index in [1.165, 1.54) is 16.5 Å². The lowest BCUT2D eigenvalue weighted by Crippen LogP contribution is -2.33.